The molecular weight excluding hydrogens is 1370 g/mol. The van der Waals surface area contributed by atoms with Gasteiger partial charge in [-0.3, -0.25) is 62.5 Å². The minimum absolute atomic E-state index is 0.00354. The fourth-order valence-corrected chi connectivity index (χ4v) is 12.1. The number of H-pyrrole nitrogens is 2. The fourth-order valence-electron chi connectivity index (χ4n) is 11.7. The van der Waals surface area contributed by atoms with E-state index in [9.17, 15) is 48.3 Å². The van der Waals surface area contributed by atoms with E-state index in [2.05, 4.69) is 68.1 Å². The first-order valence-electron chi connectivity index (χ1n) is 35.9. The molecule has 0 unspecified atom stereocenters. The van der Waals surface area contributed by atoms with Gasteiger partial charge in [-0.25, -0.2) is 0 Å². The van der Waals surface area contributed by atoms with E-state index in [-0.39, 0.29) is 89.3 Å². The molecule has 35 heteroatoms. The van der Waals surface area contributed by atoms with Crippen molar-refractivity contribution in [1.29, 1.82) is 0 Å². The summed E-state index contributed by atoms with van der Waals surface area (Å²) < 4.78 is 0. The number of guanidine groups is 1. The van der Waals surface area contributed by atoms with Crippen molar-refractivity contribution in [2.75, 3.05) is 51.3 Å². The number of aromatic amines is 2. The molecule has 0 spiro atoms. The van der Waals surface area contributed by atoms with Crippen LogP contribution in [0.2, 0.25) is 0 Å². The number of hydrogen-bond acceptors (Lipinski definition) is 19. The van der Waals surface area contributed by atoms with Gasteiger partial charge in [0.1, 0.15) is 60.9 Å². The standard InChI is InChI=1S/C70H113N21O13S/c1-41(2)35-55(61(96)82-40-59(93)94)89-65(100)51(24-11-15-32-74)84-62(97)50(23-10-14-31-73)85-67(102)54(28-34-105-3)88-63(98)52(25-16-33-79-70(77)78)86-68(103)56(36-42-38-80-47-20-6-4-17-44(42)47)91-66(101)53(26-27-58(76)92)87-69(104)57(37-43-39-81-48-21-7-5-18-45(43)48)90-64(99)49(22-9-13-30-72)83-60(95)46(75)19-8-12-29-71/h4-7,17-18,20-21,38-39,41,46,49-57,80-81H,8-16,19,22-37,40,71-75H2,1-3H3,(H2,76,92)(H,82,96)(H,83,95)(H,84,97)(H,85,102)(H,86,103)(H,87,104)(H,88,98)(H,89,100)(H,90,99)(H,91,101)(H,93,94)(H4,77,78,79)/t46-,49-,50-,51-,52-,53-,54-,55-,56-,57-/m0/s1. The van der Waals surface area contributed by atoms with Crippen LogP contribution in [-0.4, -0.2) is 204 Å². The average Bonchev–Trinajstić information content (AvgIpc) is 1.74. The van der Waals surface area contributed by atoms with Gasteiger partial charge in [-0.05, 0) is 170 Å². The molecule has 0 aliphatic heterocycles. The van der Waals surface area contributed by atoms with Crippen molar-refractivity contribution >= 4 is 110 Å². The summed E-state index contributed by atoms with van der Waals surface area (Å²) in [5.41, 5.74) is 48.9. The van der Waals surface area contributed by atoms with Crippen molar-refractivity contribution in [3.63, 3.8) is 0 Å². The maximum atomic E-state index is 15.3. The zero-order chi connectivity index (χ0) is 77.4. The van der Waals surface area contributed by atoms with E-state index in [0.717, 1.165) is 0 Å². The number of thioether (sulfide) groups is 1. The third-order valence-electron chi connectivity index (χ3n) is 17.4. The van der Waals surface area contributed by atoms with Crippen LogP contribution < -0.4 is 99.0 Å². The van der Waals surface area contributed by atoms with E-state index >= 15 is 14.4 Å². The molecule has 29 N–H and O–H groups in total. The second-order valence-corrected chi connectivity index (χ2v) is 27.4. The number of carbonyl (C=O) groups excluding carboxylic acids is 11. The molecule has 582 valence electrons. The molecular formula is C70H113N21O13S. The highest BCUT2D eigenvalue weighted by molar-refractivity contribution is 7.98. The zero-order valence-electron chi connectivity index (χ0n) is 60.5. The number of nitrogens with one attached hydrogen (secondary N) is 12. The van der Waals surface area contributed by atoms with Gasteiger partial charge >= 0.3 is 5.97 Å². The van der Waals surface area contributed by atoms with Gasteiger partial charge < -0.3 is 114 Å². The second kappa shape index (κ2) is 47.8. The number of aliphatic carboxylic acids is 1. The quantitative estimate of drug-likeness (QED) is 0.0129. The maximum absolute atomic E-state index is 15.3. The Morgan fingerprint density at radius 2 is 0.800 bits per heavy atom. The summed E-state index contributed by atoms with van der Waals surface area (Å²) in [5.74, 6) is -10.4. The van der Waals surface area contributed by atoms with E-state index < -0.39 is 151 Å². The molecule has 0 aliphatic rings. The molecule has 10 atom stereocenters. The van der Waals surface area contributed by atoms with Crippen LogP contribution in [0, 0.1) is 5.92 Å². The van der Waals surface area contributed by atoms with E-state index in [1.54, 1.807) is 62.8 Å². The summed E-state index contributed by atoms with van der Waals surface area (Å²) in [7, 11) is 0. The molecule has 2 heterocycles. The summed E-state index contributed by atoms with van der Waals surface area (Å²) in [6.07, 6.45) is 8.03. The van der Waals surface area contributed by atoms with Crippen molar-refractivity contribution in [2.45, 2.75) is 203 Å². The first-order chi connectivity index (χ1) is 50.2. The van der Waals surface area contributed by atoms with Crippen LogP contribution in [0.5, 0.6) is 0 Å². The Kier molecular flexibility index (Phi) is 40.1. The molecule has 105 heavy (non-hydrogen) atoms. The molecule has 34 nitrogen and oxygen atoms in total. The number of benzene rings is 2. The number of nitrogens with zero attached hydrogens (tertiary/aromatic N) is 1. The summed E-state index contributed by atoms with van der Waals surface area (Å²) in [5, 5.41) is 37.6. The van der Waals surface area contributed by atoms with Crippen molar-refractivity contribution < 1.29 is 62.6 Å². The summed E-state index contributed by atoms with van der Waals surface area (Å²) in [4.78, 5) is 179. The zero-order valence-corrected chi connectivity index (χ0v) is 61.4. The van der Waals surface area contributed by atoms with Gasteiger partial charge in [-0.1, -0.05) is 56.7 Å². The van der Waals surface area contributed by atoms with E-state index in [1.807, 2.05) is 18.2 Å². The van der Waals surface area contributed by atoms with E-state index in [1.165, 1.54) is 11.8 Å². The molecule has 0 bridgehead atoms. The number of carbonyl (C=O) groups is 12. The molecule has 0 saturated heterocycles. The highest BCUT2D eigenvalue weighted by Crippen LogP contribution is 2.22. The number of fused-ring (bicyclic) bond motifs is 2. The Hall–Kier alpha value is -9.42. The monoisotopic (exact) mass is 1490 g/mol. The predicted octanol–water partition coefficient (Wildman–Crippen LogP) is -2.04. The molecule has 4 aromatic rings. The van der Waals surface area contributed by atoms with Crippen LogP contribution in [0.15, 0.2) is 65.9 Å². The lowest BCUT2D eigenvalue weighted by atomic mass is 10.0. The van der Waals surface area contributed by atoms with Crippen LogP contribution >= 0.6 is 11.8 Å². The molecule has 2 aromatic carbocycles. The number of carboxylic acids is 1. The lowest BCUT2D eigenvalue weighted by molar-refractivity contribution is -0.138. The van der Waals surface area contributed by atoms with Crippen molar-refractivity contribution in [1.82, 2.24) is 63.1 Å². The Balaban J connectivity index is 1.74. The van der Waals surface area contributed by atoms with Crippen molar-refractivity contribution in [3.8, 4) is 0 Å². The maximum Gasteiger partial charge on any atom is 0.322 e. The van der Waals surface area contributed by atoms with Gasteiger partial charge in [0, 0.05) is 60.0 Å². The number of carboxylic acid groups (broad SMARTS) is 1. The van der Waals surface area contributed by atoms with E-state index in [0.29, 0.717) is 110 Å². The highest BCUT2D eigenvalue weighted by Gasteiger charge is 2.37. The molecule has 0 aliphatic carbocycles. The smallest absolute Gasteiger partial charge is 0.322 e. The largest absolute Gasteiger partial charge is 0.480 e. The second-order valence-electron chi connectivity index (χ2n) is 26.4. The minimum atomic E-state index is -1.63. The lowest BCUT2D eigenvalue weighted by Crippen LogP contribution is -2.61. The molecule has 4 rings (SSSR count). The Labute approximate surface area is 616 Å². The van der Waals surface area contributed by atoms with Gasteiger partial charge in [0.05, 0.1) is 6.04 Å². The van der Waals surface area contributed by atoms with Gasteiger partial charge in [0.25, 0.3) is 0 Å². The molecule has 0 saturated carbocycles. The Morgan fingerprint density at radius 1 is 0.448 bits per heavy atom. The number of primary amides is 1. The van der Waals surface area contributed by atoms with Crippen molar-refractivity contribution in [2.24, 2.45) is 56.8 Å². The lowest BCUT2D eigenvalue weighted by Gasteiger charge is -2.28. The summed E-state index contributed by atoms with van der Waals surface area (Å²) >= 11 is 1.35. The number of para-hydroxylation sites is 2. The number of unbranched alkanes of at least 4 members (excludes halogenated alkanes) is 4. The van der Waals surface area contributed by atoms with Gasteiger partial charge in [-0.2, -0.15) is 11.8 Å². The number of nitrogens with two attached hydrogens (primary N) is 8. The fraction of sp³-hybridized carbons (Fsp3) is 0.586. The number of aromatic nitrogens is 2. The number of rotatable bonds is 53. The van der Waals surface area contributed by atoms with Gasteiger partial charge in [0.2, 0.25) is 65.0 Å². The van der Waals surface area contributed by atoms with Crippen LogP contribution in [0.25, 0.3) is 21.8 Å². The number of aliphatic imine (C=N–C) groups is 1. The van der Waals surface area contributed by atoms with Crippen molar-refractivity contribution in [3.05, 3.63) is 72.1 Å². The van der Waals surface area contributed by atoms with Crippen LogP contribution in [0.1, 0.15) is 141 Å². The molecule has 2 aromatic heterocycles. The number of amides is 11. The first-order valence-corrected chi connectivity index (χ1v) is 37.3. The normalized spacial score (nSPS) is 14.1. The average molecular weight is 1490 g/mol. The first kappa shape index (κ1) is 88.0. The van der Waals surface area contributed by atoms with Gasteiger partial charge in [-0.15, -0.1) is 0 Å². The highest BCUT2D eigenvalue weighted by atomic mass is 32.2. The third kappa shape index (κ3) is 31.8. The topological polar surface area (TPSA) is 597 Å². The SMILES string of the molecule is CSCC[C@H](NC(=O)[C@H](CCCN=C(N)N)NC(=O)[C@H](Cc1c[nH]c2ccccc12)NC(=O)[C@H](CCC(N)=O)NC(=O)[C@H](Cc1c[nH]c2ccccc12)NC(=O)[C@H](CCCCN)NC(=O)[C@@H](N)CCCCN)C(=O)N[C@@H](CCCCN)C(=O)N[C@@H](CCCCN)C(=O)N[C@@H](CC(C)C)C(=O)NCC(=O)O. The third-order valence-corrected chi connectivity index (χ3v) is 18.0. The van der Waals surface area contributed by atoms with E-state index in [4.69, 9.17) is 45.9 Å². The Morgan fingerprint density at radius 3 is 1.18 bits per heavy atom. The van der Waals surface area contributed by atoms with Crippen LogP contribution in [0.3, 0.4) is 0 Å². The summed E-state index contributed by atoms with van der Waals surface area (Å²) in [6.45, 7) is 4.07. The predicted molar refractivity (Wildman–Crippen MR) is 402 cm³/mol. The molecule has 11 amide bonds. The van der Waals surface area contributed by atoms with Crippen LogP contribution in [0.4, 0.5) is 0 Å². The Bertz CT molecular complexity index is 3490. The van der Waals surface area contributed by atoms with Gasteiger partial charge in [0.15, 0.2) is 5.96 Å². The van der Waals surface area contributed by atoms with Crippen LogP contribution in [-0.2, 0) is 70.4 Å². The summed E-state index contributed by atoms with van der Waals surface area (Å²) in [6, 6.07) is 0.942. The molecule has 0 radical (unpaired) electrons. The minimum Gasteiger partial charge on any atom is -0.480 e. The molecule has 0 fully saturated rings. The number of hydrogen-bond donors (Lipinski definition) is 21.